The second kappa shape index (κ2) is 8.25. The van der Waals surface area contributed by atoms with E-state index in [-0.39, 0.29) is 0 Å². The van der Waals surface area contributed by atoms with Crippen molar-refractivity contribution in [3.05, 3.63) is 72.5 Å². The van der Waals surface area contributed by atoms with E-state index >= 15 is 0 Å². The second-order valence-electron chi connectivity index (χ2n) is 4.66. The summed E-state index contributed by atoms with van der Waals surface area (Å²) in [5.41, 5.74) is 4.79. The van der Waals surface area contributed by atoms with Gasteiger partial charge in [0, 0.05) is 7.11 Å². The fourth-order valence-electron chi connectivity index (χ4n) is 2.08. The Labute approximate surface area is 125 Å². The van der Waals surface area contributed by atoms with E-state index in [0.717, 1.165) is 6.42 Å². The molecule has 0 fully saturated rings. The Hall–Kier alpha value is -2.10. The Morgan fingerprint density at radius 1 is 0.905 bits per heavy atom. The predicted molar refractivity (Wildman–Crippen MR) is 83.5 cm³/mol. The van der Waals surface area contributed by atoms with Gasteiger partial charge in [-0.3, -0.25) is 0 Å². The van der Waals surface area contributed by atoms with Crippen LogP contribution in [0.5, 0.6) is 0 Å². The molecule has 110 valence electrons. The van der Waals surface area contributed by atoms with Crippen LogP contribution in [0.15, 0.2) is 61.4 Å². The van der Waals surface area contributed by atoms with Gasteiger partial charge in [0.2, 0.25) is 0 Å². The van der Waals surface area contributed by atoms with E-state index < -0.39 is 0 Å². The first-order valence-electron chi connectivity index (χ1n) is 6.90. The molecule has 0 amide bonds. The van der Waals surface area contributed by atoms with Crippen LogP contribution in [-0.2, 0) is 27.5 Å². The van der Waals surface area contributed by atoms with Crippen LogP contribution in [0, 0.1) is 0 Å². The number of rotatable bonds is 8. The molecule has 21 heavy (non-hydrogen) atoms. The van der Waals surface area contributed by atoms with E-state index in [0.29, 0.717) is 13.2 Å². The highest BCUT2D eigenvalue weighted by molar-refractivity contribution is 5.63. The van der Waals surface area contributed by atoms with Crippen molar-refractivity contribution in [3.8, 4) is 11.1 Å². The monoisotopic (exact) mass is 284 g/mol. The van der Waals surface area contributed by atoms with Crippen molar-refractivity contribution in [3.63, 3.8) is 0 Å². The molecule has 2 rings (SSSR count). The molecule has 0 saturated heterocycles. The highest BCUT2D eigenvalue weighted by Gasteiger charge is 2.00. The van der Waals surface area contributed by atoms with Crippen LogP contribution in [0.3, 0.4) is 0 Å². The second-order valence-corrected chi connectivity index (χ2v) is 4.66. The first kappa shape index (κ1) is 15.3. The van der Waals surface area contributed by atoms with Gasteiger partial charge in [0.25, 0.3) is 0 Å². The van der Waals surface area contributed by atoms with Crippen LogP contribution in [0.1, 0.15) is 11.1 Å². The molecule has 0 saturated carbocycles. The normalized spacial score (nSPS) is 10.3. The zero-order valence-corrected chi connectivity index (χ0v) is 12.2. The number of ether oxygens (including phenoxy) is 1. The van der Waals surface area contributed by atoms with Gasteiger partial charge in [0.05, 0.1) is 13.2 Å². The lowest BCUT2D eigenvalue weighted by Crippen LogP contribution is -1.96. The number of hydrogen-bond acceptors (Lipinski definition) is 3. The molecule has 0 aromatic heterocycles. The van der Waals surface area contributed by atoms with Crippen LogP contribution in [0.4, 0.5) is 0 Å². The van der Waals surface area contributed by atoms with Gasteiger partial charge in [-0.25, -0.2) is 0 Å². The molecule has 0 aliphatic carbocycles. The van der Waals surface area contributed by atoms with Crippen molar-refractivity contribution >= 4 is 0 Å². The molecule has 0 unspecified atom stereocenters. The highest BCUT2D eigenvalue weighted by atomic mass is 17.2. The van der Waals surface area contributed by atoms with E-state index in [1.807, 2.05) is 0 Å². The number of hydrogen-bond donors (Lipinski definition) is 0. The van der Waals surface area contributed by atoms with Gasteiger partial charge in [-0.05, 0) is 28.7 Å². The Kier molecular flexibility index (Phi) is 6.00. The van der Waals surface area contributed by atoms with Crippen molar-refractivity contribution in [2.24, 2.45) is 0 Å². The lowest BCUT2D eigenvalue weighted by atomic mass is 10.0. The Balaban J connectivity index is 1.96. The summed E-state index contributed by atoms with van der Waals surface area (Å²) in [6.07, 6.45) is 2.08. The van der Waals surface area contributed by atoms with Crippen LogP contribution in [0.2, 0.25) is 0 Å². The SMILES string of the molecule is C=COOCCc1ccc(-c2ccc(COC)cc2)cc1. The van der Waals surface area contributed by atoms with Crippen LogP contribution < -0.4 is 0 Å². The fourth-order valence-corrected chi connectivity index (χ4v) is 2.08. The lowest BCUT2D eigenvalue weighted by molar-refractivity contribution is -0.247. The van der Waals surface area contributed by atoms with Crippen LogP contribution in [0.25, 0.3) is 11.1 Å². The summed E-state index contributed by atoms with van der Waals surface area (Å²) >= 11 is 0. The van der Waals surface area contributed by atoms with Gasteiger partial charge < -0.3 is 9.62 Å². The molecule has 0 aliphatic heterocycles. The maximum absolute atomic E-state index is 5.12. The van der Waals surface area contributed by atoms with Gasteiger partial charge in [-0.15, -0.1) is 0 Å². The van der Waals surface area contributed by atoms with Gasteiger partial charge in [-0.1, -0.05) is 55.1 Å². The van der Waals surface area contributed by atoms with Crippen molar-refractivity contribution in [2.45, 2.75) is 13.0 Å². The molecule has 0 spiro atoms. The molecule has 0 heterocycles. The summed E-state index contributed by atoms with van der Waals surface area (Å²) in [7, 11) is 1.70. The van der Waals surface area contributed by atoms with Gasteiger partial charge >= 0.3 is 0 Å². The minimum atomic E-state index is 0.511. The maximum atomic E-state index is 5.12. The molecule has 3 heteroatoms. The summed E-state index contributed by atoms with van der Waals surface area (Å²) in [5, 5.41) is 0. The first-order valence-corrected chi connectivity index (χ1v) is 6.90. The summed E-state index contributed by atoms with van der Waals surface area (Å²) in [4.78, 5) is 9.54. The predicted octanol–water partition coefficient (Wildman–Crippen LogP) is 4.13. The third-order valence-corrected chi connectivity index (χ3v) is 3.16. The van der Waals surface area contributed by atoms with Crippen molar-refractivity contribution in [1.29, 1.82) is 0 Å². The lowest BCUT2D eigenvalue weighted by Gasteiger charge is -2.06. The average molecular weight is 284 g/mol. The number of benzene rings is 2. The fraction of sp³-hybridized carbons (Fsp3) is 0.222. The molecule has 0 N–H and O–H groups in total. The minimum Gasteiger partial charge on any atom is -0.380 e. The number of methoxy groups -OCH3 is 1. The van der Waals surface area contributed by atoms with E-state index in [4.69, 9.17) is 9.62 Å². The molecule has 2 aromatic rings. The third-order valence-electron chi connectivity index (χ3n) is 3.16. The van der Waals surface area contributed by atoms with Gasteiger partial charge in [0.15, 0.2) is 0 Å². The molecule has 2 aromatic carbocycles. The molecule has 0 bridgehead atoms. The van der Waals surface area contributed by atoms with Gasteiger partial charge in [0.1, 0.15) is 6.26 Å². The quantitative estimate of drug-likeness (QED) is 0.316. The Bertz CT molecular complexity index is 544. The standard InChI is InChI=1S/C18H20O3/c1-3-20-21-13-12-15-4-8-17(9-5-15)18-10-6-16(7-11-18)14-19-2/h3-11H,1,12-14H2,2H3. The van der Waals surface area contributed by atoms with E-state index in [1.54, 1.807) is 7.11 Å². The summed E-state index contributed by atoms with van der Waals surface area (Å²) in [5.74, 6) is 0. The molecule has 3 nitrogen and oxygen atoms in total. The summed E-state index contributed by atoms with van der Waals surface area (Å²) < 4.78 is 5.12. The minimum absolute atomic E-state index is 0.511. The van der Waals surface area contributed by atoms with Crippen molar-refractivity contribution in [1.82, 2.24) is 0 Å². The van der Waals surface area contributed by atoms with Gasteiger partial charge in [-0.2, -0.15) is 4.89 Å². The first-order chi connectivity index (χ1) is 10.3. The zero-order chi connectivity index (χ0) is 14.9. The third kappa shape index (κ3) is 4.74. The van der Waals surface area contributed by atoms with E-state index in [9.17, 15) is 0 Å². The molecule has 0 aliphatic rings. The maximum Gasteiger partial charge on any atom is 0.122 e. The van der Waals surface area contributed by atoms with Crippen molar-refractivity contribution in [2.75, 3.05) is 13.7 Å². The highest BCUT2D eigenvalue weighted by Crippen LogP contribution is 2.20. The molecular formula is C18H20O3. The van der Waals surface area contributed by atoms with Crippen molar-refractivity contribution < 1.29 is 14.5 Å². The molecule has 0 radical (unpaired) electrons. The largest absolute Gasteiger partial charge is 0.380 e. The zero-order valence-electron chi connectivity index (χ0n) is 12.2. The topological polar surface area (TPSA) is 27.7 Å². The Morgan fingerprint density at radius 3 is 2.00 bits per heavy atom. The average Bonchev–Trinajstić information content (AvgIpc) is 2.53. The van der Waals surface area contributed by atoms with E-state index in [2.05, 4.69) is 60.0 Å². The molecule has 0 atom stereocenters. The Morgan fingerprint density at radius 2 is 1.48 bits per heavy atom. The van der Waals surface area contributed by atoms with Crippen LogP contribution >= 0.6 is 0 Å². The summed E-state index contributed by atoms with van der Waals surface area (Å²) in [6, 6.07) is 16.9. The summed E-state index contributed by atoms with van der Waals surface area (Å²) in [6.45, 7) is 4.57. The molecular weight excluding hydrogens is 264 g/mol. The van der Waals surface area contributed by atoms with Crippen LogP contribution in [-0.4, -0.2) is 13.7 Å². The smallest absolute Gasteiger partial charge is 0.122 e. The van der Waals surface area contributed by atoms with E-state index in [1.165, 1.54) is 28.5 Å².